The van der Waals surface area contributed by atoms with Gasteiger partial charge in [-0.1, -0.05) is 39.3 Å². The summed E-state index contributed by atoms with van der Waals surface area (Å²) in [5, 5.41) is 17.1. The van der Waals surface area contributed by atoms with Crippen LogP contribution in [-0.2, 0) is 0 Å². The van der Waals surface area contributed by atoms with Crippen LogP contribution in [0.3, 0.4) is 0 Å². The van der Waals surface area contributed by atoms with E-state index < -0.39 is 0 Å². The normalized spacial score (nSPS) is 9.14. The molecule has 0 spiro atoms. The van der Waals surface area contributed by atoms with E-state index in [0.29, 0.717) is 11.8 Å². The minimum Gasteiger partial charge on any atom is -0.192 e. The van der Waals surface area contributed by atoms with Crippen molar-refractivity contribution in [3.8, 4) is 12.1 Å². The molecule has 2 heteroatoms. The van der Waals surface area contributed by atoms with Gasteiger partial charge in [-0.05, 0) is 17.9 Å². The van der Waals surface area contributed by atoms with Crippen molar-refractivity contribution in [2.45, 2.75) is 27.7 Å². The standard InChI is InChI=1S/C12H16N2/c1-9(2)12(10(3)4)6-5-11(7-13)8-14/h5-6,9-10H,1-4H3. The van der Waals surface area contributed by atoms with E-state index in [-0.39, 0.29) is 5.57 Å². The fourth-order valence-corrected chi connectivity index (χ4v) is 1.33. The van der Waals surface area contributed by atoms with Crippen LogP contribution in [0.1, 0.15) is 27.7 Å². The van der Waals surface area contributed by atoms with Gasteiger partial charge in [-0.25, -0.2) is 0 Å². The molecule has 0 aromatic heterocycles. The fraction of sp³-hybridized carbons (Fsp3) is 0.500. The van der Waals surface area contributed by atoms with E-state index in [9.17, 15) is 0 Å². The van der Waals surface area contributed by atoms with E-state index in [2.05, 4.69) is 27.7 Å². The first kappa shape index (κ1) is 12.5. The molecule has 74 valence electrons. The molecule has 2 nitrogen and oxygen atoms in total. The smallest absolute Gasteiger partial charge is 0.129 e. The average molecular weight is 188 g/mol. The van der Waals surface area contributed by atoms with Crippen LogP contribution in [0.2, 0.25) is 0 Å². The molecule has 0 amide bonds. The third kappa shape index (κ3) is 3.92. The van der Waals surface area contributed by atoms with Gasteiger partial charge in [0.25, 0.3) is 0 Å². The predicted molar refractivity (Wildman–Crippen MR) is 57.1 cm³/mol. The van der Waals surface area contributed by atoms with Gasteiger partial charge in [-0.3, -0.25) is 0 Å². The molecule has 0 unspecified atom stereocenters. The van der Waals surface area contributed by atoms with Crippen molar-refractivity contribution in [1.29, 1.82) is 10.5 Å². The van der Waals surface area contributed by atoms with Gasteiger partial charge in [0.15, 0.2) is 0 Å². The van der Waals surface area contributed by atoms with Crippen LogP contribution >= 0.6 is 0 Å². The second-order valence-electron chi connectivity index (χ2n) is 3.78. The minimum absolute atomic E-state index is 0.156. The second kappa shape index (κ2) is 6.00. The molecule has 0 radical (unpaired) electrons. The van der Waals surface area contributed by atoms with Gasteiger partial charge in [0, 0.05) is 0 Å². The summed E-state index contributed by atoms with van der Waals surface area (Å²) in [5.41, 5.74) is 1.41. The van der Waals surface area contributed by atoms with E-state index in [1.165, 1.54) is 5.57 Å². The van der Waals surface area contributed by atoms with Crippen molar-refractivity contribution < 1.29 is 0 Å². The van der Waals surface area contributed by atoms with Crippen molar-refractivity contribution in [2.75, 3.05) is 0 Å². The molecular formula is C12H16N2. The SMILES string of the molecule is CC(C)C(=CC=C(C#N)C#N)C(C)C. The fourth-order valence-electron chi connectivity index (χ4n) is 1.33. The first-order valence-electron chi connectivity index (χ1n) is 4.74. The number of allylic oxidation sites excluding steroid dienone is 4. The largest absolute Gasteiger partial charge is 0.192 e. The molecule has 14 heavy (non-hydrogen) atoms. The Balaban J connectivity index is 4.89. The maximum atomic E-state index is 8.55. The Kier molecular flexibility index (Phi) is 5.34. The number of rotatable bonds is 3. The average Bonchev–Trinajstić information content (AvgIpc) is 2.11. The van der Waals surface area contributed by atoms with Crippen LogP contribution < -0.4 is 0 Å². The summed E-state index contributed by atoms with van der Waals surface area (Å²) in [6.07, 6.45) is 3.48. The molecule has 0 atom stereocenters. The zero-order chi connectivity index (χ0) is 11.1. The first-order chi connectivity index (χ1) is 6.52. The summed E-state index contributed by atoms with van der Waals surface area (Å²) in [6.45, 7) is 8.44. The topological polar surface area (TPSA) is 47.6 Å². The maximum absolute atomic E-state index is 8.55. The zero-order valence-electron chi connectivity index (χ0n) is 9.20. The third-order valence-corrected chi connectivity index (χ3v) is 2.02. The van der Waals surface area contributed by atoms with E-state index in [4.69, 9.17) is 10.5 Å². The number of nitriles is 2. The molecule has 0 aliphatic carbocycles. The molecule has 0 bridgehead atoms. The number of nitrogens with zero attached hydrogens (tertiary/aromatic N) is 2. The lowest BCUT2D eigenvalue weighted by Crippen LogP contribution is -2.01. The molecule has 0 fully saturated rings. The Morgan fingerprint density at radius 3 is 1.64 bits per heavy atom. The van der Waals surface area contributed by atoms with Crippen LogP contribution in [0.25, 0.3) is 0 Å². The maximum Gasteiger partial charge on any atom is 0.129 e. The van der Waals surface area contributed by atoms with Crippen molar-refractivity contribution in [1.82, 2.24) is 0 Å². The lowest BCUT2D eigenvalue weighted by atomic mass is 9.92. The van der Waals surface area contributed by atoms with E-state index >= 15 is 0 Å². The second-order valence-corrected chi connectivity index (χ2v) is 3.78. The Morgan fingerprint density at radius 1 is 0.929 bits per heavy atom. The lowest BCUT2D eigenvalue weighted by Gasteiger charge is -2.14. The lowest BCUT2D eigenvalue weighted by molar-refractivity contribution is 0.626. The predicted octanol–water partition coefficient (Wildman–Crippen LogP) is 3.20. The molecule has 0 rings (SSSR count). The molecule has 0 heterocycles. The van der Waals surface area contributed by atoms with Crippen molar-refractivity contribution in [3.63, 3.8) is 0 Å². The summed E-state index contributed by atoms with van der Waals surface area (Å²) in [5.74, 6) is 0.898. The molecule has 0 saturated heterocycles. The van der Waals surface area contributed by atoms with E-state index in [0.717, 1.165) is 0 Å². The Hall–Kier alpha value is -1.54. The van der Waals surface area contributed by atoms with Gasteiger partial charge in [0.05, 0.1) is 0 Å². The highest BCUT2D eigenvalue weighted by Crippen LogP contribution is 2.19. The molecule has 0 aromatic carbocycles. The highest BCUT2D eigenvalue weighted by molar-refractivity contribution is 5.39. The first-order valence-corrected chi connectivity index (χ1v) is 4.74. The summed E-state index contributed by atoms with van der Waals surface area (Å²) in [7, 11) is 0. The minimum atomic E-state index is 0.156. The van der Waals surface area contributed by atoms with Gasteiger partial charge in [0.2, 0.25) is 0 Å². The van der Waals surface area contributed by atoms with Crippen molar-refractivity contribution in [2.24, 2.45) is 11.8 Å². The van der Waals surface area contributed by atoms with Crippen LogP contribution in [-0.4, -0.2) is 0 Å². The van der Waals surface area contributed by atoms with E-state index in [1.54, 1.807) is 6.08 Å². The monoisotopic (exact) mass is 188 g/mol. The van der Waals surface area contributed by atoms with Crippen LogP contribution in [0, 0.1) is 34.5 Å². The highest BCUT2D eigenvalue weighted by atomic mass is 14.3. The number of hydrogen-bond acceptors (Lipinski definition) is 2. The van der Waals surface area contributed by atoms with Gasteiger partial charge >= 0.3 is 0 Å². The molecule has 0 saturated carbocycles. The van der Waals surface area contributed by atoms with Crippen molar-refractivity contribution in [3.05, 3.63) is 23.3 Å². The molecule has 0 N–H and O–H groups in total. The molecule has 0 aliphatic rings. The highest BCUT2D eigenvalue weighted by Gasteiger charge is 2.06. The van der Waals surface area contributed by atoms with Crippen LogP contribution in [0.5, 0.6) is 0 Å². The summed E-state index contributed by atoms with van der Waals surface area (Å²) in [6, 6.07) is 3.68. The number of hydrogen-bond donors (Lipinski definition) is 0. The van der Waals surface area contributed by atoms with Gasteiger partial charge < -0.3 is 0 Å². The quantitative estimate of drug-likeness (QED) is 0.504. The van der Waals surface area contributed by atoms with Crippen molar-refractivity contribution >= 4 is 0 Å². The van der Waals surface area contributed by atoms with Gasteiger partial charge in [-0.15, -0.1) is 0 Å². The van der Waals surface area contributed by atoms with Crippen LogP contribution in [0.15, 0.2) is 23.3 Å². The Morgan fingerprint density at radius 2 is 1.36 bits per heavy atom. The molecule has 0 aromatic rings. The Labute approximate surface area is 86.2 Å². The molecule has 0 aliphatic heterocycles. The van der Waals surface area contributed by atoms with Gasteiger partial charge in [-0.2, -0.15) is 10.5 Å². The van der Waals surface area contributed by atoms with Gasteiger partial charge in [0.1, 0.15) is 17.7 Å². The molecular weight excluding hydrogens is 172 g/mol. The van der Waals surface area contributed by atoms with E-state index in [1.807, 2.05) is 18.2 Å². The summed E-state index contributed by atoms with van der Waals surface area (Å²) in [4.78, 5) is 0. The third-order valence-electron chi connectivity index (χ3n) is 2.02. The summed E-state index contributed by atoms with van der Waals surface area (Å²) >= 11 is 0. The van der Waals surface area contributed by atoms with Crippen LogP contribution in [0.4, 0.5) is 0 Å². The summed E-state index contributed by atoms with van der Waals surface area (Å²) < 4.78 is 0. The Bertz CT molecular complexity index is 293. The zero-order valence-corrected chi connectivity index (χ0v) is 9.20.